The Morgan fingerprint density at radius 3 is 2.73 bits per heavy atom. The van der Waals surface area contributed by atoms with Gasteiger partial charge in [-0.25, -0.2) is 13.4 Å². The third-order valence-corrected chi connectivity index (χ3v) is 7.00. The molecule has 2 aliphatic heterocycles. The summed E-state index contributed by atoms with van der Waals surface area (Å²) in [5.74, 6) is 0.538. The van der Waals surface area contributed by atoms with E-state index >= 15 is 0 Å². The summed E-state index contributed by atoms with van der Waals surface area (Å²) in [5.41, 5.74) is 6.45. The maximum atomic E-state index is 12.1. The summed E-state index contributed by atoms with van der Waals surface area (Å²) in [7, 11) is -3.33. The predicted octanol–water partition coefficient (Wildman–Crippen LogP) is 3.03. The molecule has 2 aromatic carbocycles. The molecule has 0 spiro atoms. The van der Waals surface area contributed by atoms with E-state index in [1.54, 1.807) is 18.2 Å². The molecular weight excluding hydrogens is 426 g/mol. The quantitative estimate of drug-likeness (QED) is 0.571. The van der Waals surface area contributed by atoms with E-state index < -0.39 is 14.9 Å². The molecule has 1 N–H and O–H groups in total. The van der Waals surface area contributed by atoms with Gasteiger partial charge in [-0.05, 0) is 42.7 Å². The van der Waals surface area contributed by atoms with Crippen molar-refractivity contribution in [1.29, 1.82) is 0 Å². The minimum Gasteiger partial charge on any atom is -0.267 e. The number of hydrogen-bond donors (Lipinski definition) is 1. The van der Waals surface area contributed by atoms with Crippen molar-refractivity contribution in [1.82, 2.24) is 5.43 Å². The monoisotopic (exact) mass is 445 g/mol. The van der Waals surface area contributed by atoms with Gasteiger partial charge in [-0.3, -0.25) is 19.8 Å². The van der Waals surface area contributed by atoms with Crippen molar-refractivity contribution in [2.45, 2.75) is 19.4 Å². The molecule has 0 fully saturated rings. The first-order valence-electron chi connectivity index (χ1n) is 9.14. The van der Waals surface area contributed by atoms with Crippen molar-refractivity contribution in [2.24, 2.45) is 10.1 Å². The minimum absolute atomic E-state index is 0.0645. The van der Waals surface area contributed by atoms with Crippen LogP contribution in [0.2, 0.25) is 0 Å². The highest BCUT2D eigenvalue weighted by atomic mass is 32.2. The molecule has 2 heterocycles. The lowest BCUT2D eigenvalue weighted by Gasteiger charge is -2.22. The molecule has 0 unspecified atom stereocenters. The van der Waals surface area contributed by atoms with E-state index in [0.717, 1.165) is 16.8 Å². The number of rotatable bonds is 4. The molecule has 0 aromatic heterocycles. The molecule has 0 bridgehead atoms. The van der Waals surface area contributed by atoms with Gasteiger partial charge in [-0.1, -0.05) is 30.0 Å². The van der Waals surface area contributed by atoms with E-state index in [9.17, 15) is 18.5 Å². The molecule has 0 saturated heterocycles. The van der Waals surface area contributed by atoms with E-state index in [2.05, 4.69) is 15.5 Å². The van der Waals surface area contributed by atoms with Gasteiger partial charge in [0, 0.05) is 17.9 Å². The minimum atomic E-state index is -3.33. The summed E-state index contributed by atoms with van der Waals surface area (Å²) in [4.78, 5) is 15.0. The van der Waals surface area contributed by atoms with E-state index in [1.165, 1.54) is 28.4 Å². The van der Waals surface area contributed by atoms with E-state index in [-0.39, 0.29) is 17.4 Å². The van der Waals surface area contributed by atoms with Crippen LogP contribution in [0, 0.1) is 10.1 Å². The maximum absolute atomic E-state index is 12.1. The number of hydrazone groups is 1. The number of sulfonamides is 1. The Morgan fingerprint density at radius 1 is 1.30 bits per heavy atom. The number of aliphatic imine (C=N–C) groups is 1. The van der Waals surface area contributed by atoms with Crippen LogP contribution < -0.4 is 9.73 Å². The molecule has 1 atom stereocenters. The molecule has 0 radical (unpaired) electrons. The first kappa shape index (κ1) is 20.4. The van der Waals surface area contributed by atoms with Gasteiger partial charge in [0.1, 0.15) is 5.69 Å². The molecule has 9 nitrogen and oxygen atoms in total. The van der Waals surface area contributed by atoms with Crippen LogP contribution in [0.1, 0.15) is 18.1 Å². The van der Waals surface area contributed by atoms with Gasteiger partial charge in [0.25, 0.3) is 5.69 Å². The second-order valence-electron chi connectivity index (χ2n) is 7.08. The number of amidine groups is 1. The second-order valence-corrected chi connectivity index (χ2v) is 9.90. The Bertz CT molecular complexity index is 1190. The Balaban J connectivity index is 1.57. The molecule has 0 saturated carbocycles. The molecule has 0 aliphatic carbocycles. The van der Waals surface area contributed by atoms with Crippen LogP contribution in [0.4, 0.5) is 17.1 Å². The highest BCUT2D eigenvalue weighted by Gasteiger charge is 2.32. The van der Waals surface area contributed by atoms with E-state index in [0.29, 0.717) is 23.0 Å². The zero-order valence-electron chi connectivity index (χ0n) is 16.3. The highest BCUT2D eigenvalue weighted by molar-refractivity contribution is 8.14. The van der Waals surface area contributed by atoms with Crippen LogP contribution in [0.5, 0.6) is 0 Å². The number of thioether (sulfide) groups is 1. The number of benzene rings is 2. The maximum Gasteiger partial charge on any atom is 0.294 e. The van der Waals surface area contributed by atoms with Gasteiger partial charge in [0.2, 0.25) is 10.0 Å². The first-order chi connectivity index (χ1) is 14.2. The summed E-state index contributed by atoms with van der Waals surface area (Å²) >= 11 is 1.40. The molecule has 30 heavy (non-hydrogen) atoms. The lowest BCUT2D eigenvalue weighted by atomic mass is 10.0. The van der Waals surface area contributed by atoms with Gasteiger partial charge in [-0.2, -0.15) is 5.10 Å². The van der Waals surface area contributed by atoms with Crippen molar-refractivity contribution in [3.63, 3.8) is 0 Å². The number of hydrogen-bond acceptors (Lipinski definition) is 7. The summed E-state index contributed by atoms with van der Waals surface area (Å²) in [5, 5.41) is 16.0. The number of nitrogens with zero attached hydrogens (tertiary/aromatic N) is 4. The number of fused-ring (bicyclic) bond motifs is 1. The van der Waals surface area contributed by atoms with Crippen LogP contribution >= 0.6 is 11.8 Å². The van der Waals surface area contributed by atoms with Gasteiger partial charge in [0.15, 0.2) is 5.17 Å². The van der Waals surface area contributed by atoms with Gasteiger partial charge < -0.3 is 0 Å². The van der Waals surface area contributed by atoms with Crippen molar-refractivity contribution in [3.05, 3.63) is 63.7 Å². The van der Waals surface area contributed by atoms with Crippen LogP contribution in [-0.4, -0.2) is 42.3 Å². The predicted molar refractivity (Wildman–Crippen MR) is 119 cm³/mol. The molecule has 4 rings (SSSR count). The second kappa shape index (κ2) is 7.73. The molecule has 2 aliphatic rings. The summed E-state index contributed by atoms with van der Waals surface area (Å²) in [6.45, 7) is 1.89. The lowest BCUT2D eigenvalue weighted by molar-refractivity contribution is -0.384. The zero-order valence-corrected chi connectivity index (χ0v) is 17.9. The number of nitrogens with one attached hydrogen (secondary N) is 1. The average molecular weight is 446 g/mol. The van der Waals surface area contributed by atoms with Crippen LogP contribution in [0.15, 0.2) is 52.6 Å². The van der Waals surface area contributed by atoms with Crippen molar-refractivity contribution < 1.29 is 13.3 Å². The van der Waals surface area contributed by atoms with E-state index in [4.69, 9.17) is 0 Å². The lowest BCUT2D eigenvalue weighted by Crippen LogP contribution is -2.34. The van der Waals surface area contributed by atoms with Crippen LogP contribution in [0.3, 0.4) is 0 Å². The summed E-state index contributed by atoms with van der Waals surface area (Å²) < 4.78 is 25.6. The Morgan fingerprint density at radius 2 is 2.07 bits per heavy atom. The van der Waals surface area contributed by atoms with Crippen LogP contribution in [-0.2, 0) is 16.4 Å². The largest absolute Gasteiger partial charge is 0.294 e. The standard InChI is InChI=1S/C19H19N5O4S2/c1-12-9-14-10-13(7-8-17(14)23(12)30(2,27)28)16-11-29-19(22-21-16)20-15-5-3-4-6-18(15)24(25)26/h3-8,10,12H,9,11H2,1-2H3,(H,20,22)/t12-/m0/s1. The molecule has 11 heteroatoms. The average Bonchev–Trinajstić information content (AvgIpc) is 3.04. The van der Waals surface area contributed by atoms with Gasteiger partial charge in [-0.15, -0.1) is 0 Å². The Hall–Kier alpha value is -2.92. The smallest absolute Gasteiger partial charge is 0.267 e. The Kier molecular flexibility index (Phi) is 5.24. The topological polar surface area (TPSA) is 117 Å². The van der Waals surface area contributed by atoms with Crippen LogP contribution in [0.25, 0.3) is 0 Å². The van der Waals surface area contributed by atoms with Gasteiger partial charge >= 0.3 is 0 Å². The molecule has 156 valence electrons. The third-order valence-electron chi connectivity index (χ3n) is 4.86. The zero-order chi connectivity index (χ0) is 21.5. The van der Waals surface area contributed by atoms with Gasteiger partial charge in [0.05, 0.1) is 22.6 Å². The number of nitro groups is 1. The third kappa shape index (κ3) is 3.90. The SMILES string of the molecule is C[C@H]1Cc2cc(C3=NNC(=Nc4ccccc4[N+](=O)[O-])SC3)ccc2N1S(C)(=O)=O. The fraction of sp³-hybridized carbons (Fsp3) is 0.263. The first-order valence-corrected chi connectivity index (χ1v) is 12.0. The molecule has 2 aromatic rings. The summed E-state index contributed by atoms with van der Waals surface area (Å²) in [6.07, 6.45) is 1.87. The number of anilines is 1. The molecule has 0 amide bonds. The van der Waals surface area contributed by atoms with Crippen molar-refractivity contribution in [3.8, 4) is 0 Å². The van der Waals surface area contributed by atoms with E-state index in [1.807, 2.05) is 25.1 Å². The highest BCUT2D eigenvalue weighted by Crippen LogP contribution is 2.35. The number of nitro benzene ring substituents is 1. The normalized spacial score (nSPS) is 19.9. The van der Waals surface area contributed by atoms with Crippen molar-refractivity contribution in [2.75, 3.05) is 16.3 Å². The molecular formula is C19H19N5O4S2. The fourth-order valence-corrected chi connectivity index (χ4v) is 5.67. The van der Waals surface area contributed by atoms with Crippen molar-refractivity contribution >= 4 is 49.7 Å². The summed E-state index contributed by atoms with van der Waals surface area (Å²) in [6, 6.07) is 11.8. The fourth-order valence-electron chi connectivity index (χ4n) is 3.63. The Labute approximate surface area is 178 Å². The number of para-hydroxylation sites is 2.